The van der Waals surface area contributed by atoms with Gasteiger partial charge in [-0.05, 0) is 24.3 Å². The van der Waals surface area contributed by atoms with Crippen LogP contribution in [0.25, 0.3) is 22.2 Å². The minimum atomic E-state index is -4.16. The summed E-state index contributed by atoms with van der Waals surface area (Å²) in [6.07, 6.45) is 0. The number of hydrogen-bond acceptors (Lipinski definition) is 11. The van der Waals surface area contributed by atoms with Crippen LogP contribution in [0.5, 0.6) is 17.2 Å². The molecule has 4 aromatic rings. The first-order valence-electron chi connectivity index (χ1n) is 11.1. The molecule has 198 valence electrons. The molecule has 0 unspecified atom stereocenters. The maximum absolute atomic E-state index is 13.3. The second-order valence-corrected chi connectivity index (χ2v) is 10.4. The zero-order valence-electron chi connectivity index (χ0n) is 20.3. The molecule has 1 saturated heterocycles. The molecule has 14 heteroatoms. The Morgan fingerprint density at radius 1 is 1.05 bits per heavy atom. The maximum Gasteiger partial charge on any atom is 0.270 e. The van der Waals surface area contributed by atoms with Crippen LogP contribution in [-0.4, -0.2) is 66.1 Å². The molecule has 0 atom stereocenters. The van der Waals surface area contributed by atoms with Crippen LogP contribution in [0.3, 0.4) is 0 Å². The van der Waals surface area contributed by atoms with E-state index < -0.39 is 10.0 Å². The summed E-state index contributed by atoms with van der Waals surface area (Å²) in [7, 11) is 0.114. The lowest BCUT2D eigenvalue weighted by Crippen LogP contribution is -2.43. The quantitative estimate of drug-likeness (QED) is 0.326. The highest BCUT2D eigenvalue weighted by Crippen LogP contribution is 2.40. The summed E-state index contributed by atoms with van der Waals surface area (Å²) in [6.45, 7) is 3.65. The first-order valence-corrected chi connectivity index (χ1v) is 13.4. The number of sulfonamides is 1. The van der Waals surface area contributed by atoms with Crippen LogP contribution < -0.4 is 29.1 Å². The number of nitrogens with one attached hydrogen (secondary N) is 2. The minimum Gasteiger partial charge on any atom is -0.496 e. The van der Waals surface area contributed by atoms with Crippen LogP contribution in [0, 0.1) is 0 Å². The van der Waals surface area contributed by atoms with Gasteiger partial charge in [-0.25, -0.2) is 13.4 Å². The number of anilines is 2. The van der Waals surface area contributed by atoms with Crippen LogP contribution in [0.2, 0.25) is 0 Å². The van der Waals surface area contributed by atoms with Gasteiger partial charge < -0.3 is 29.0 Å². The monoisotopic (exact) mass is 567 g/mol. The van der Waals surface area contributed by atoms with Crippen molar-refractivity contribution < 1.29 is 27.2 Å². The van der Waals surface area contributed by atoms with Crippen molar-refractivity contribution in [2.75, 3.05) is 57.1 Å². The highest BCUT2D eigenvalue weighted by Gasteiger charge is 2.28. The Morgan fingerprint density at radius 2 is 1.73 bits per heavy atom. The van der Waals surface area contributed by atoms with Crippen molar-refractivity contribution in [3.05, 3.63) is 35.7 Å². The van der Waals surface area contributed by atoms with Crippen LogP contribution in [-0.2, 0) is 10.0 Å². The molecule has 0 amide bonds. The van der Waals surface area contributed by atoms with Crippen LogP contribution in [0.1, 0.15) is 0 Å². The number of piperazine rings is 1. The van der Waals surface area contributed by atoms with Crippen molar-refractivity contribution >= 4 is 55.7 Å². The lowest BCUT2D eigenvalue weighted by molar-refractivity contribution is 0.373. The molecular weight excluding hydrogens is 542 g/mol. The number of thiazole rings is 1. The first kappa shape index (κ1) is 26.8. The Balaban J connectivity index is 0.00000320. The van der Waals surface area contributed by atoms with E-state index in [4.69, 9.17) is 23.7 Å². The van der Waals surface area contributed by atoms with Gasteiger partial charge in [-0.3, -0.25) is 4.72 Å². The molecule has 0 aliphatic carbocycles. The molecule has 0 radical (unpaired) electrons. The van der Waals surface area contributed by atoms with Crippen LogP contribution in [0.4, 0.5) is 10.9 Å². The topological polar surface area (TPSA) is 128 Å². The molecule has 0 saturated carbocycles. The van der Waals surface area contributed by atoms with Crippen LogP contribution in [0.15, 0.2) is 45.1 Å². The summed E-state index contributed by atoms with van der Waals surface area (Å²) < 4.78 is 50.8. The number of rotatable bonds is 8. The fourth-order valence-corrected chi connectivity index (χ4v) is 6.29. The number of nitrogens with zero attached hydrogens (tertiary/aromatic N) is 3. The molecule has 2 aromatic carbocycles. The molecular formula is C23H26ClN5O6S2. The van der Waals surface area contributed by atoms with E-state index in [2.05, 4.69) is 20.1 Å². The zero-order valence-corrected chi connectivity index (χ0v) is 22.8. The third-order valence-electron chi connectivity index (χ3n) is 5.82. The normalized spacial score (nSPS) is 13.8. The summed E-state index contributed by atoms with van der Waals surface area (Å²) in [5, 5.41) is 10.6. The number of methoxy groups -OCH3 is 3. The molecule has 1 fully saturated rings. The van der Waals surface area contributed by atoms with Gasteiger partial charge in [0.2, 0.25) is 0 Å². The van der Waals surface area contributed by atoms with Gasteiger partial charge in [0.25, 0.3) is 10.0 Å². The lowest BCUT2D eigenvalue weighted by atomic mass is 10.1. The molecule has 1 aliphatic heterocycles. The Kier molecular flexibility index (Phi) is 7.97. The van der Waals surface area contributed by atoms with Gasteiger partial charge in [0.05, 0.1) is 27.0 Å². The Hall–Kier alpha value is -3.26. The Labute approximate surface area is 224 Å². The van der Waals surface area contributed by atoms with E-state index in [1.54, 1.807) is 29.5 Å². The number of hydrogen-bond donors (Lipinski definition) is 2. The number of halogens is 1. The van der Waals surface area contributed by atoms with Gasteiger partial charge in [-0.2, -0.15) is 0 Å². The minimum absolute atomic E-state index is 0. The molecule has 5 rings (SSSR count). The third-order valence-corrected chi connectivity index (χ3v) is 8.12. The number of ether oxygens (including phenoxy) is 3. The fraction of sp³-hybridized carbons (Fsp3) is 0.304. The first-order chi connectivity index (χ1) is 17.4. The van der Waals surface area contributed by atoms with Gasteiger partial charge >= 0.3 is 0 Å². The molecule has 3 heterocycles. The zero-order chi connectivity index (χ0) is 25.3. The van der Waals surface area contributed by atoms with Gasteiger partial charge in [-0.1, -0.05) is 11.2 Å². The van der Waals surface area contributed by atoms with Gasteiger partial charge in [0.15, 0.2) is 21.4 Å². The summed E-state index contributed by atoms with van der Waals surface area (Å²) in [4.78, 5) is 6.89. The number of fused-ring (bicyclic) bond motifs is 1. The summed E-state index contributed by atoms with van der Waals surface area (Å²) in [6, 6.07) is 8.26. The van der Waals surface area contributed by atoms with Crippen molar-refractivity contribution in [3.8, 4) is 28.5 Å². The highest BCUT2D eigenvalue weighted by molar-refractivity contribution is 7.93. The molecule has 0 spiro atoms. The summed E-state index contributed by atoms with van der Waals surface area (Å²) in [5.41, 5.74) is 1.89. The van der Waals surface area contributed by atoms with E-state index in [1.165, 1.54) is 33.5 Å². The van der Waals surface area contributed by atoms with Crippen molar-refractivity contribution in [1.29, 1.82) is 0 Å². The van der Waals surface area contributed by atoms with E-state index in [-0.39, 0.29) is 34.6 Å². The van der Waals surface area contributed by atoms with Crippen molar-refractivity contribution in [1.82, 2.24) is 15.5 Å². The largest absolute Gasteiger partial charge is 0.496 e. The van der Waals surface area contributed by atoms with E-state index in [0.717, 1.165) is 42.6 Å². The standard InChI is InChI=1S/C23H25N5O6S2.ClH/c1-31-16-5-4-6-17(32-2)21(16)36(29,30)27-22-20-18(33-3)11-14(12-19(20)34-26-22)15-13-35-23(25-15)28-9-7-24-8-10-28;/h4-6,11-13,24H,7-10H2,1-3H3,(H,26,27);1H. The van der Waals surface area contributed by atoms with Crippen molar-refractivity contribution in [3.63, 3.8) is 0 Å². The third kappa shape index (κ3) is 5.12. The number of benzene rings is 2. The molecule has 0 bridgehead atoms. The van der Waals surface area contributed by atoms with Crippen molar-refractivity contribution in [2.45, 2.75) is 4.90 Å². The predicted molar refractivity (Wildman–Crippen MR) is 144 cm³/mol. The molecule has 11 nitrogen and oxygen atoms in total. The average molecular weight is 568 g/mol. The predicted octanol–water partition coefficient (Wildman–Crippen LogP) is 3.61. The lowest BCUT2D eigenvalue weighted by Gasteiger charge is -2.26. The molecule has 1 aliphatic rings. The van der Waals surface area contributed by atoms with E-state index >= 15 is 0 Å². The van der Waals surface area contributed by atoms with Crippen LogP contribution >= 0.6 is 23.7 Å². The van der Waals surface area contributed by atoms with Gasteiger partial charge in [0, 0.05) is 37.1 Å². The molecule has 37 heavy (non-hydrogen) atoms. The SMILES string of the molecule is COc1cccc(OC)c1S(=O)(=O)Nc1noc2cc(-c3csc(N4CCNCC4)n3)cc(OC)c12.Cl. The van der Waals surface area contributed by atoms with Crippen molar-refractivity contribution in [2.24, 2.45) is 0 Å². The maximum atomic E-state index is 13.3. The summed E-state index contributed by atoms with van der Waals surface area (Å²) in [5.74, 6) is 0.645. The molecule has 2 N–H and O–H groups in total. The molecule has 2 aromatic heterocycles. The Bertz CT molecular complexity index is 1480. The second-order valence-electron chi connectivity index (χ2n) is 7.93. The van der Waals surface area contributed by atoms with Gasteiger partial charge in [0.1, 0.15) is 22.6 Å². The second kappa shape index (κ2) is 11.0. The Morgan fingerprint density at radius 3 is 2.38 bits per heavy atom. The smallest absolute Gasteiger partial charge is 0.270 e. The number of aromatic nitrogens is 2. The fourth-order valence-electron chi connectivity index (χ4n) is 4.07. The van der Waals surface area contributed by atoms with E-state index in [0.29, 0.717) is 16.7 Å². The summed E-state index contributed by atoms with van der Waals surface area (Å²) >= 11 is 1.57. The van der Waals surface area contributed by atoms with E-state index in [9.17, 15) is 8.42 Å². The average Bonchev–Trinajstić information content (AvgIpc) is 3.56. The van der Waals surface area contributed by atoms with E-state index in [1.807, 2.05) is 5.38 Å². The van der Waals surface area contributed by atoms with Gasteiger partial charge in [-0.15, -0.1) is 23.7 Å². The highest BCUT2D eigenvalue weighted by atomic mass is 35.5.